The molecule has 1 aliphatic carbocycles. The van der Waals surface area contributed by atoms with E-state index in [1.807, 2.05) is 0 Å². The highest BCUT2D eigenvalue weighted by Crippen LogP contribution is 2.37. The zero-order chi connectivity index (χ0) is 13.2. The zero-order valence-corrected chi connectivity index (χ0v) is 11.4. The number of rotatable bonds is 3. The van der Waals surface area contributed by atoms with Gasteiger partial charge in [0.15, 0.2) is 4.67 Å². The Morgan fingerprint density at radius 3 is 2.72 bits per heavy atom. The molecule has 1 aliphatic rings. The first-order chi connectivity index (χ1) is 8.45. The molecule has 2 rings (SSSR count). The van der Waals surface area contributed by atoms with Gasteiger partial charge in [-0.2, -0.15) is 13.2 Å². The zero-order valence-electron chi connectivity index (χ0n) is 9.77. The molecule has 2 atom stereocenters. The Morgan fingerprint density at radius 2 is 2.11 bits per heavy atom. The van der Waals surface area contributed by atoms with Gasteiger partial charge < -0.3 is 9.73 Å². The van der Waals surface area contributed by atoms with E-state index < -0.39 is 12.1 Å². The molecule has 6 heteroatoms. The molecule has 2 unspecified atom stereocenters. The van der Waals surface area contributed by atoms with Gasteiger partial charge in [0.2, 0.25) is 0 Å². The Kier molecular flexibility index (Phi) is 4.37. The third-order valence-corrected chi connectivity index (χ3v) is 3.76. The molecule has 0 radical (unpaired) electrons. The highest BCUT2D eigenvalue weighted by Gasteiger charge is 2.41. The Labute approximate surface area is 112 Å². The van der Waals surface area contributed by atoms with E-state index in [-0.39, 0.29) is 18.9 Å². The van der Waals surface area contributed by atoms with Gasteiger partial charge in [-0.15, -0.1) is 0 Å². The van der Waals surface area contributed by atoms with E-state index in [0.29, 0.717) is 17.6 Å². The lowest BCUT2D eigenvalue weighted by molar-refractivity contribution is -0.183. The van der Waals surface area contributed by atoms with Gasteiger partial charge in [-0.05, 0) is 47.3 Å². The molecule has 1 N–H and O–H groups in total. The van der Waals surface area contributed by atoms with Gasteiger partial charge in [0, 0.05) is 6.04 Å². The van der Waals surface area contributed by atoms with Gasteiger partial charge in [-0.1, -0.05) is 6.42 Å². The molecule has 1 heterocycles. The first kappa shape index (κ1) is 13.9. The summed E-state index contributed by atoms with van der Waals surface area (Å²) in [4.78, 5) is 0. The number of alkyl halides is 3. The molecule has 0 spiro atoms. The number of halogens is 4. The van der Waals surface area contributed by atoms with E-state index >= 15 is 0 Å². The molecule has 18 heavy (non-hydrogen) atoms. The van der Waals surface area contributed by atoms with Crippen molar-refractivity contribution in [1.29, 1.82) is 0 Å². The number of nitrogens with one attached hydrogen (secondary N) is 1. The third-order valence-electron chi connectivity index (χ3n) is 3.33. The van der Waals surface area contributed by atoms with E-state index in [1.165, 1.54) is 0 Å². The number of hydrogen-bond donors (Lipinski definition) is 1. The molecule has 2 nitrogen and oxygen atoms in total. The van der Waals surface area contributed by atoms with Crippen LogP contribution in [0.2, 0.25) is 0 Å². The molecule has 102 valence electrons. The van der Waals surface area contributed by atoms with Crippen molar-refractivity contribution in [2.24, 2.45) is 5.92 Å². The summed E-state index contributed by atoms with van der Waals surface area (Å²) in [7, 11) is 0. The molecule has 0 bridgehead atoms. The summed E-state index contributed by atoms with van der Waals surface area (Å²) in [6.45, 7) is 0.473. The molecule has 0 aliphatic heterocycles. The average molecular weight is 326 g/mol. The lowest BCUT2D eigenvalue weighted by Gasteiger charge is -2.30. The molecule has 1 saturated carbocycles. The monoisotopic (exact) mass is 325 g/mol. The summed E-state index contributed by atoms with van der Waals surface area (Å²) in [6, 6.07) is 3.51. The quantitative estimate of drug-likeness (QED) is 0.898. The minimum Gasteiger partial charge on any atom is -0.453 e. The molecule has 0 amide bonds. The maximum absolute atomic E-state index is 12.6. The van der Waals surface area contributed by atoms with Crippen LogP contribution in [-0.2, 0) is 6.54 Å². The Balaban J connectivity index is 1.83. The van der Waals surface area contributed by atoms with Gasteiger partial charge in [0.05, 0.1) is 12.5 Å². The standard InChI is InChI=1S/C12H15BrF3NO/c13-11-5-4-10(18-11)7-17-9-3-1-2-8(6-9)12(14,15)16/h4-5,8-9,17H,1-3,6-7H2. The molecule has 0 saturated heterocycles. The highest BCUT2D eigenvalue weighted by atomic mass is 79.9. The van der Waals surface area contributed by atoms with Crippen molar-refractivity contribution in [2.45, 2.75) is 44.4 Å². The maximum atomic E-state index is 12.6. The largest absolute Gasteiger partial charge is 0.453 e. The van der Waals surface area contributed by atoms with Crippen LogP contribution in [-0.4, -0.2) is 12.2 Å². The van der Waals surface area contributed by atoms with Crippen molar-refractivity contribution in [2.75, 3.05) is 0 Å². The van der Waals surface area contributed by atoms with Crippen LogP contribution in [0, 0.1) is 5.92 Å². The van der Waals surface area contributed by atoms with Crippen molar-refractivity contribution in [3.8, 4) is 0 Å². The van der Waals surface area contributed by atoms with E-state index in [0.717, 1.165) is 12.2 Å². The molecule has 1 fully saturated rings. The molecular formula is C12H15BrF3NO. The summed E-state index contributed by atoms with van der Waals surface area (Å²) in [5.74, 6) is -0.428. The van der Waals surface area contributed by atoms with Crippen molar-refractivity contribution in [3.63, 3.8) is 0 Å². The van der Waals surface area contributed by atoms with Crippen LogP contribution in [0.25, 0.3) is 0 Å². The second kappa shape index (κ2) is 5.65. The van der Waals surface area contributed by atoms with Crippen molar-refractivity contribution in [1.82, 2.24) is 5.32 Å². The van der Waals surface area contributed by atoms with Crippen LogP contribution in [0.15, 0.2) is 21.2 Å². The average Bonchev–Trinajstić information content (AvgIpc) is 2.72. The van der Waals surface area contributed by atoms with Crippen LogP contribution < -0.4 is 5.32 Å². The van der Waals surface area contributed by atoms with Gasteiger partial charge in [0.25, 0.3) is 0 Å². The Morgan fingerprint density at radius 1 is 1.33 bits per heavy atom. The van der Waals surface area contributed by atoms with E-state index in [1.54, 1.807) is 12.1 Å². The second-order valence-corrected chi connectivity index (χ2v) is 5.47. The normalized spacial score (nSPS) is 25.3. The Bertz CT molecular complexity index is 391. The van der Waals surface area contributed by atoms with Crippen LogP contribution in [0.5, 0.6) is 0 Å². The van der Waals surface area contributed by atoms with Gasteiger partial charge in [-0.25, -0.2) is 0 Å². The molecule has 1 aromatic rings. The first-order valence-electron chi connectivity index (χ1n) is 5.99. The van der Waals surface area contributed by atoms with Crippen LogP contribution in [0.4, 0.5) is 13.2 Å². The highest BCUT2D eigenvalue weighted by molar-refractivity contribution is 9.10. The van der Waals surface area contributed by atoms with Crippen LogP contribution in [0.1, 0.15) is 31.4 Å². The summed E-state index contributed by atoms with van der Waals surface area (Å²) < 4.78 is 43.8. The minimum atomic E-state index is -4.06. The summed E-state index contributed by atoms with van der Waals surface area (Å²) in [6.07, 6.45) is -2.20. The minimum absolute atomic E-state index is 0.0748. The van der Waals surface area contributed by atoms with Gasteiger partial charge in [-0.3, -0.25) is 0 Å². The molecule has 1 aromatic heterocycles. The predicted molar refractivity (Wildman–Crippen MR) is 65.0 cm³/mol. The third kappa shape index (κ3) is 3.75. The van der Waals surface area contributed by atoms with Gasteiger partial charge in [0.1, 0.15) is 5.76 Å². The Hall–Kier alpha value is -0.490. The lowest BCUT2D eigenvalue weighted by atomic mass is 9.85. The fraction of sp³-hybridized carbons (Fsp3) is 0.667. The predicted octanol–water partition coefficient (Wildman–Crippen LogP) is 4.25. The first-order valence-corrected chi connectivity index (χ1v) is 6.79. The molecular weight excluding hydrogens is 311 g/mol. The fourth-order valence-electron chi connectivity index (χ4n) is 2.36. The van der Waals surface area contributed by atoms with E-state index in [9.17, 15) is 13.2 Å². The van der Waals surface area contributed by atoms with Crippen molar-refractivity contribution in [3.05, 3.63) is 22.6 Å². The smallest absolute Gasteiger partial charge is 0.391 e. The van der Waals surface area contributed by atoms with Gasteiger partial charge >= 0.3 is 6.18 Å². The fourth-order valence-corrected chi connectivity index (χ4v) is 2.70. The lowest BCUT2D eigenvalue weighted by Crippen LogP contribution is -2.38. The van der Waals surface area contributed by atoms with Crippen molar-refractivity contribution < 1.29 is 17.6 Å². The maximum Gasteiger partial charge on any atom is 0.391 e. The second-order valence-electron chi connectivity index (χ2n) is 4.69. The van der Waals surface area contributed by atoms with E-state index in [4.69, 9.17) is 4.42 Å². The van der Waals surface area contributed by atoms with E-state index in [2.05, 4.69) is 21.2 Å². The van der Waals surface area contributed by atoms with Crippen molar-refractivity contribution >= 4 is 15.9 Å². The number of furan rings is 1. The summed E-state index contributed by atoms with van der Waals surface area (Å²) in [5, 5.41) is 3.14. The molecule has 0 aromatic carbocycles. The number of hydrogen-bond acceptors (Lipinski definition) is 2. The summed E-state index contributed by atoms with van der Waals surface area (Å²) in [5.41, 5.74) is 0. The van der Waals surface area contributed by atoms with Crippen LogP contribution in [0.3, 0.4) is 0 Å². The summed E-state index contributed by atoms with van der Waals surface area (Å²) >= 11 is 3.19. The topological polar surface area (TPSA) is 25.2 Å². The SMILES string of the molecule is FC(F)(F)C1CCCC(NCc2ccc(Br)o2)C1. The van der Waals surface area contributed by atoms with Crippen LogP contribution >= 0.6 is 15.9 Å².